The summed E-state index contributed by atoms with van der Waals surface area (Å²) in [5, 5.41) is 51.3. The number of aromatic hydroxyl groups is 1. The number of likely N-dealkylation sites (N-methyl/N-ethyl adjacent to an activating group) is 1. The lowest BCUT2D eigenvalue weighted by atomic mass is 9.52. The first-order valence-electron chi connectivity index (χ1n) is 12.9. The Hall–Kier alpha value is -3.58. The van der Waals surface area contributed by atoms with Crippen molar-refractivity contribution in [2.75, 3.05) is 41.4 Å². The number of benzene rings is 1. The van der Waals surface area contributed by atoms with Crippen LogP contribution in [-0.4, -0.2) is 102 Å². The fraction of sp³-hybridized carbons (Fsp3) is 0.500. The van der Waals surface area contributed by atoms with Gasteiger partial charge in [0.1, 0.15) is 29.4 Å². The first kappa shape index (κ1) is 29.4. The average Bonchev–Trinajstić information content (AvgIpc) is 2.86. The van der Waals surface area contributed by atoms with Crippen LogP contribution in [0.5, 0.6) is 5.75 Å². The third-order valence-electron chi connectivity index (χ3n) is 8.30. The number of amides is 1. The summed E-state index contributed by atoms with van der Waals surface area (Å²) in [6, 6.07) is 1.94. The number of methoxy groups -OCH3 is 1. The number of hydrogen-bond donors (Lipinski definition) is 6. The molecule has 12 nitrogen and oxygen atoms in total. The number of rotatable bonds is 8. The Bertz CT molecular complexity index is 1360. The van der Waals surface area contributed by atoms with Gasteiger partial charge in [-0.25, -0.2) is 0 Å². The van der Waals surface area contributed by atoms with Gasteiger partial charge < -0.3 is 35.8 Å². The zero-order valence-electron chi connectivity index (χ0n) is 23.1. The monoisotopic (exact) mass is 557 g/mol. The van der Waals surface area contributed by atoms with Crippen LogP contribution in [0.15, 0.2) is 34.8 Å². The maximum Gasteiger partial charge on any atom is 0.246 e. The molecule has 6 N–H and O–H groups in total. The van der Waals surface area contributed by atoms with Gasteiger partial charge in [-0.3, -0.25) is 24.1 Å². The van der Waals surface area contributed by atoms with E-state index in [1.807, 2.05) is 0 Å². The van der Waals surface area contributed by atoms with Crippen LogP contribution in [0.3, 0.4) is 0 Å². The van der Waals surface area contributed by atoms with Gasteiger partial charge >= 0.3 is 0 Å². The molecule has 4 atom stereocenters. The highest BCUT2D eigenvalue weighted by Gasteiger charge is 2.66. The molecule has 0 unspecified atom stereocenters. The molecular weight excluding hydrogens is 522 g/mol. The molecule has 0 bridgehead atoms. The zero-order chi connectivity index (χ0) is 29.7. The smallest absolute Gasteiger partial charge is 0.246 e. The lowest BCUT2D eigenvalue weighted by Crippen LogP contribution is -2.66. The fourth-order valence-electron chi connectivity index (χ4n) is 6.63. The molecular formula is C28H35N3O9. The summed E-state index contributed by atoms with van der Waals surface area (Å²) in [4.78, 5) is 54.2. The number of carbonyl (C=O) groups is 4. The van der Waals surface area contributed by atoms with E-state index in [0.717, 1.165) is 6.92 Å². The molecule has 40 heavy (non-hydrogen) atoms. The highest BCUT2D eigenvalue weighted by molar-refractivity contribution is 6.25. The van der Waals surface area contributed by atoms with E-state index in [1.54, 1.807) is 27.2 Å². The molecule has 0 radical (unpaired) electrons. The van der Waals surface area contributed by atoms with E-state index in [0.29, 0.717) is 17.7 Å². The number of ketones is 3. The largest absolute Gasteiger partial charge is 0.510 e. The average molecular weight is 558 g/mol. The molecule has 0 saturated heterocycles. The Morgan fingerprint density at radius 1 is 1.18 bits per heavy atom. The van der Waals surface area contributed by atoms with Crippen molar-refractivity contribution in [1.82, 2.24) is 15.5 Å². The Labute approximate surface area is 231 Å². The molecule has 0 heterocycles. The fourth-order valence-corrected chi connectivity index (χ4v) is 6.63. The van der Waals surface area contributed by atoms with E-state index in [9.17, 15) is 39.6 Å². The quantitative estimate of drug-likeness (QED) is 0.238. The highest BCUT2D eigenvalue weighted by atomic mass is 16.5. The molecule has 12 heteroatoms. The van der Waals surface area contributed by atoms with Crippen molar-refractivity contribution in [3.63, 3.8) is 0 Å². The van der Waals surface area contributed by atoms with E-state index in [1.165, 1.54) is 18.1 Å². The Morgan fingerprint density at radius 3 is 2.42 bits per heavy atom. The van der Waals surface area contributed by atoms with Gasteiger partial charge in [0.15, 0.2) is 17.2 Å². The van der Waals surface area contributed by atoms with Crippen molar-refractivity contribution in [2.45, 2.75) is 38.0 Å². The highest BCUT2D eigenvalue weighted by Crippen LogP contribution is 2.57. The number of phenolic OH excluding ortho intramolecular Hbond substituents is 1. The van der Waals surface area contributed by atoms with Crippen molar-refractivity contribution in [2.24, 2.45) is 11.3 Å². The predicted octanol–water partition coefficient (Wildman–Crippen LogP) is 0.0765. The summed E-state index contributed by atoms with van der Waals surface area (Å²) in [7, 11) is 6.24. The number of nitrogens with one attached hydrogen (secondary N) is 2. The lowest BCUT2D eigenvalue weighted by Gasteiger charge is -2.54. The molecule has 3 aliphatic carbocycles. The molecule has 0 aliphatic heterocycles. The summed E-state index contributed by atoms with van der Waals surface area (Å²) < 4.78 is 4.91. The van der Waals surface area contributed by atoms with Crippen LogP contribution in [0, 0.1) is 11.3 Å². The molecule has 0 spiro atoms. The number of nitrogens with zero attached hydrogens (tertiary/aromatic N) is 1. The van der Waals surface area contributed by atoms with E-state index in [2.05, 4.69) is 10.6 Å². The second-order valence-corrected chi connectivity index (χ2v) is 11.0. The predicted molar refractivity (Wildman–Crippen MR) is 142 cm³/mol. The maximum atomic E-state index is 14.1. The Morgan fingerprint density at radius 2 is 1.85 bits per heavy atom. The van der Waals surface area contributed by atoms with Gasteiger partial charge in [-0.15, -0.1) is 0 Å². The number of Topliss-reactive ketones (excluding diaryl/α,β-unsaturated/α-hetero) is 3. The van der Waals surface area contributed by atoms with Crippen molar-refractivity contribution in [3.8, 4) is 5.75 Å². The molecule has 0 saturated carbocycles. The number of fused-ring (bicyclic) bond motifs is 3. The van der Waals surface area contributed by atoms with Crippen LogP contribution < -0.4 is 10.6 Å². The Balaban J connectivity index is 2.03. The summed E-state index contributed by atoms with van der Waals surface area (Å²) in [6.07, 6.45) is -0.0864. The molecule has 1 amide bonds. The van der Waals surface area contributed by atoms with Crippen LogP contribution >= 0.6 is 0 Å². The minimum Gasteiger partial charge on any atom is -0.510 e. The van der Waals surface area contributed by atoms with E-state index < -0.39 is 63.3 Å². The van der Waals surface area contributed by atoms with Gasteiger partial charge in [-0.2, -0.15) is 0 Å². The van der Waals surface area contributed by atoms with Gasteiger partial charge in [0.2, 0.25) is 11.7 Å². The number of carbonyl (C=O) groups excluding carboxylic acids is 4. The van der Waals surface area contributed by atoms with Gasteiger partial charge in [0, 0.05) is 37.1 Å². The van der Waals surface area contributed by atoms with Gasteiger partial charge in [-0.05, 0) is 58.1 Å². The van der Waals surface area contributed by atoms with Crippen LogP contribution in [0.25, 0.3) is 0 Å². The second-order valence-electron chi connectivity index (χ2n) is 11.0. The molecule has 0 fully saturated rings. The summed E-state index contributed by atoms with van der Waals surface area (Å²) in [5.74, 6) is -6.36. The minimum absolute atomic E-state index is 0.0527. The van der Waals surface area contributed by atoms with Crippen LogP contribution in [0.4, 0.5) is 0 Å². The lowest BCUT2D eigenvalue weighted by molar-refractivity contribution is -0.150. The molecule has 4 rings (SSSR count). The molecule has 216 valence electrons. The van der Waals surface area contributed by atoms with E-state index >= 15 is 0 Å². The van der Waals surface area contributed by atoms with Crippen LogP contribution in [-0.2, 0) is 32.1 Å². The SMILES string of the molecule is CNCc1ccc(O)c2c1C[C@@]1(CNC(=O)COC)C[C@H]3[C@H](N(C)C)C(O)=C(C(C)=O)C(=O)[C@@]3(O)C(O)=C1C2=O. The van der Waals surface area contributed by atoms with E-state index in [-0.39, 0.29) is 42.9 Å². The number of ether oxygens (including phenoxy) is 1. The first-order chi connectivity index (χ1) is 18.8. The topological polar surface area (TPSA) is 186 Å². The number of aliphatic hydroxyl groups excluding tert-OH is 2. The molecule has 0 aromatic heterocycles. The minimum atomic E-state index is -2.72. The van der Waals surface area contributed by atoms with Gasteiger partial charge in [0.05, 0.1) is 11.6 Å². The standard InChI is InChI=1S/C28H35N3O9/c1-13(32)19-24(36)22(31(3)4)16-9-27(12-30-18(34)11-40-5)8-15-14(10-29-2)6-7-17(33)20(15)23(35)21(27)26(38)28(16,39)25(19)37/h6-7,16,22,29,33,36,38-39H,8-12H2,1-5H3,(H,30,34)/t16-,22-,27-,28+/m0/s1. The van der Waals surface area contributed by atoms with Crippen LogP contribution in [0.1, 0.15) is 34.8 Å². The third kappa shape index (κ3) is 4.22. The third-order valence-corrected chi connectivity index (χ3v) is 8.30. The molecule has 1 aromatic rings. The maximum absolute atomic E-state index is 14.1. The Kier molecular flexibility index (Phi) is 7.67. The van der Waals surface area contributed by atoms with Gasteiger partial charge in [0.25, 0.3) is 0 Å². The van der Waals surface area contributed by atoms with Crippen molar-refractivity contribution >= 4 is 23.3 Å². The van der Waals surface area contributed by atoms with Crippen molar-refractivity contribution in [1.29, 1.82) is 0 Å². The zero-order valence-corrected chi connectivity index (χ0v) is 23.1. The number of phenols is 1. The van der Waals surface area contributed by atoms with Crippen molar-refractivity contribution in [3.05, 3.63) is 51.5 Å². The van der Waals surface area contributed by atoms with Crippen LogP contribution in [0.2, 0.25) is 0 Å². The summed E-state index contributed by atoms with van der Waals surface area (Å²) in [5.41, 5.74) is -3.94. The second kappa shape index (κ2) is 10.4. The molecule has 1 aromatic carbocycles. The van der Waals surface area contributed by atoms with Crippen molar-refractivity contribution < 1.29 is 44.3 Å². The molecule has 3 aliphatic rings. The number of hydrogen-bond acceptors (Lipinski definition) is 11. The van der Waals surface area contributed by atoms with Gasteiger partial charge in [-0.1, -0.05) is 6.07 Å². The summed E-state index contributed by atoms with van der Waals surface area (Å²) >= 11 is 0. The normalized spacial score (nSPS) is 27.9. The first-order valence-corrected chi connectivity index (χ1v) is 12.9. The summed E-state index contributed by atoms with van der Waals surface area (Å²) in [6.45, 7) is 0.963. The number of aliphatic hydroxyl groups is 3. The van der Waals surface area contributed by atoms with E-state index in [4.69, 9.17) is 4.74 Å².